The van der Waals surface area contributed by atoms with E-state index >= 15 is 0 Å². The number of carbonyl (C=O) groups is 1. The number of furan rings is 1. The van der Waals surface area contributed by atoms with Crippen molar-refractivity contribution in [3.05, 3.63) is 48.0 Å². The largest absolute Gasteiger partial charge is 0.441 e. The SMILES string of the molecule is CC1CCN(c2ccc(/C=C(\C#N)C(=O)Nc3cccnc3)o2)CC1. The highest BCUT2D eigenvalue weighted by atomic mass is 16.4. The highest BCUT2D eigenvalue weighted by Crippen LogP contribution is 2.25. The number of anilines is 2. The van der Waals surface area contributed by atoms with Gasteiger partial charge in [-0.25, -0.2) is 0 Å². The highest BCUT2D eigenvalue weighted by Gasteiger charge is 2.18. The smallest absolute Gasteiger partial charge is 0.266 e. The molecule has 1 aliphatic heterocycles. The molecule has 0 spiro atoms. The number of hydrogen-bond donors (Lipinski definition) is 1. The molecule has 0 saturated carbocycles. The van der Waals surface area contributed by atoms with Crippen molar-refractivity contribution in [3.8, 4) is 6.07 Å². The normalized spacial score (nSPS) is 15.7. The number of hydrogen-bond acceptors (Lipinski definition) is 5. The van der Waals surface area contributed by atoms with Crippen LogP contribution in [0.25, 0.3) is 6.08 Å². The standard InChI is InChI=1S/C19H20N4O2/c1-14-6-9-23(10-7-14)18-5-4-17(25-18)11-15(12-20)19(24)22-16-3-2-8-21-13-16/h2-5,8,11,13-14H,6-7,9-10H2,1H3,(H,22,24)/b15-11+. The Morgan fingerprint density at radius 2 is 2.20 bits per heavy atom. The Bertz CT molecular complexity index is 796. The summed E-state index contributed by atoms with van der Waals surface area (Å²) in [6.07, 6.45) is 6.88. The van der Waals surface area contributed by atoms with E-state index in [2.05, 4.69) is 22.1 Å². The predicted molar refractivity (Wildman–Crippen MR) is 95.8 cm³/mol. The monoisotopic (exact) mass is 336 g/mol. The second kappa shape index (κ2) is 7.67. The third-order valence-corrected chi connectivity index (χ3v) is 4.28. The van der Waals surface area contributed by atoms with Crippen LogP contribution < -0.4 is 10.2 Å². The first-order valence-electron chi connectivity index (χ1n) is 8.33. The third-order valence-electron chi connectivity index (χ3n) is 4.28. The number of piperidine rings is 1. The van der Waals surface area contributed by atoms with Gasteiger partial charge >= 0.3 is 0 Å². The topological polar surface area (TPSA) is 82.2 Å². The van der Waals surface area contributed by atoms with Gasteiger partial charge in [0.15, 0.2) is 5.88 Å². The molecule has 1 N–H and O–H groups in total. The van der Waals surface area contributed by atoms with Crippen molar-refractivity contribution in [2.45, 2.75) is 19.8 Å². The van der Waals surface area contributed by atoms with E-state index in [-0.39, 0.29) is 5.57 Å². The Kier molecular flexibility index (Phi) is 5.14. The van der Waals surface area contributed by atoms with Gasteiger partial charge in [-0.15, -0.1) is 0 Å². The van der Waals surface area contributed by atoms with Crippen molar-refractivity contribution in [2.75, 3.05) is 23.3 Å². The summed E-state index contributed by atoms with van der Waals surface area (Å²) < 4.78 is 5.80. The Morgan fingerprint density at radius 1 is 1.40 bits per heavy atom. The minimum Gasteiger partial charge on any atom is -0.441 e. The maximum atomic E-state index is 12.2. The van der Waals surface area contributed by atoms with Crippen LogP contribution in [0.1, 0.15) is 25.5 Å². The van der Waals surface area contributed by atoms with Gasteiger partial charge in [-0.05, 0) is 37.0 Å². The number of nitrogens with zero attached hydrogens (tertiary/aromatic N) is 3. The van der Waals surface area contributed by atoms with Crippen molar-refractivity contribution < 1.29 is 9.21 Å². The average molecular weight is 336 g/mol. The van der Waals surface area contributed by atoms with E-state index in [1.807, 2.05) is 12.1 Å². The summed E-state index contributed by atoms with van der Waals surface area (Å²) in [5.41, 5.74) is 0.522. The lowest BCUT2D eigenvalue weighted by Gasteiger charge is -2.29. The summed E-state index contributed by atoms with van der Waals surface area (Å²) in [6, 6.07) is 9.01. The molecule has 3 rings (SSSR count). The van der Waals surface area contributed by atoms with Gasteiger partial charge in [-0.1, -0.05) is 6.92 Å². The molecule has 2 aromatic rings. The second-order valence-corrected chi connectivity index (χ2v) is 6.21. The van der Waals surface area contributed by atoms with Crippen LogP contribution in [0.4, 0.5) is 11.6 Å². The molecule has 1 saturated heterocycles. The van der Waals surface area contributed by atoms with E-state index in [1.165, 1.54) is 12.3 Å². The van der Waals surface area contributed by atoms with Crippen LogP contribution in [0.3, 0.4) is 0 Å². The molecule has 6 heteroatoms. The number of nitriles is 1. The van der Waals surface area contributed by atoms with Crippen LogP contribution >= 0.6 is 0 Å². The Labute approximate surface area is 146 Å². The lowest BCUT2D eigenvalue weighted by Crippen LogP contribution is -2.32. The highest BCUT2D eigenvalue weighted by molar-refractivity contribution is 6.09. The second-order valence-electron chi connectivity index (χ2n) is 6.21. The molecule has 2 aromatic heterocycles. The minimum atomic E-state index is -0.486. The first kappa shape index (κ1) is 16.8. The predicted octanol–water partition coefficient (Wildman–Crippen LogP) is 3.46. The van der Waals surface area contributed by atoms with Gasteiger partial charge in [0.1, 0.15) is 17.4 Å². The van der Waals surface area contributed by atoms with Gasteiger partial charge in [0.2, 0.25) is 0 Å². The summed E-state index contributed by atoms with van der Waals surface area (Å²) in [5, 5.41) is 11.9. The average Bonchev–Trinajstić information content (AvgIpc) is 3.09. The van der Waals surface area contributed by atoms with Crippen molar-refractivity contribution in [2.24, 2.45) is 5.92 Å². The number of rotatable bonds is 4. The zero-order valence-corrected chi connectivity index (χ0v) is 14.1. The molecule has 0 atom stereocenters. The fourth-order valence-electron chi connectivity index (χ4n) is 2.74. The summed E-state index contributed by atoms with van der Waals surface area (Å²) >= 11 is 0. The first-order valence-corrected chi connectivity index (χ1v) is 8.33. The zero-order chi connectivity index (χ0) is 17.6. The van der Waals surface area contributed by atoms with E-state index in [9.17, 15) is 10.1 Å². The summed E-state index contributed by atoms with van der Waals surface area (Å²) in [7, 11) is 0. The fraction of sp³-hybridized carbons (Fsp3) is 0.316. The Morgan fingerprint density at radius 3 is 2.88 bits per heavy atom. The van der Waals surface area contributed by atoms with Gasteiger partial charge < -0.3 is 14.6 Å². The van der Waals surface area contributed by atoms with Crippen LogP contribution in [-0.2, 0) is 4.79 Å². The molecule has 25 heavy (non-hydrogen) atoms. The van der Waals surface area contributed by atoms with E-state index in [0.717, 1.165) is 37.7 Å². The zero-order valence-electron chi connectivity index (χ0n) is 14.1. The minimum absolute atomic E-state index is 0.0166. The van der Waals surface area contributed by atoms with Gasteiger partial charge in [-0.2, -0.15) is 5.26 Å². The number of amides is 1. The van der Waals surface area contributed by atoms with E-state index < -0.39 is 5.91 Å². The van der Waals surface area contributed by atoms with Crippen molar-refractivity contribution in [1.29, 1.82) is 5.26 Å². The Hall–Kier alpha value is -3.07. The molecule has 0 radical (unpaired) electrons. The van der Waals surface area contributed by atoms with E-state index in [0.29, 0.717) is 11.4 Å². The number of nitrogens with one attached hydrogen (secondary N) is 1. The molecule has 6 nitrogen and oxygen atoms in total. The maximum Gasteiger partial charge on any atom is 0.266 e. The summed E-state index contributed by atoms with van der Waals surface area (Å²) in [6.45, 7) is 4.18. The summed E-state index contributed by atoms with van der Waals surface area (Å²) in [5.74, 6) is 1.53. The molecule has 3 heterocycles. The molecule has 0 aromatic carbocycles. The van der Waals surface area contributed by atoms with Crippen molar-refractivity contribution >= 4 is 23.6 Å². The molecular weight excluding hydrogens is 316 g/mol. The quantitative estimate of drug-likeness (QED) is 0.683. The lowest BCUT2D eigenvalue weighted by molar-refractivity contribution is -0.112. The number of aromatic nitrogens is 1. The molecule has 0 bridgehead atoms. The van der Waals surface area contributed by atoms with Crippen molar-refractivity contribution in [1.82, 2.24) is 4.98 Å². The molecule has 0 unspecified atom stereocenters. The van der Waals surface area contributed by atoms with Gasteiger partial charge in [0, 0.05) is 31.4 Å². The van der Waals surface area contributed by atoms with Crippen LogP contribution in [0.2, 0.25) is 0 Å². The van der Waals surface area contributed by atoms with E-state index in [1.54, 1.807) is 24.4 Å². The first-order chi connectivity index (χ1) is 12.2. The van der Waals surface area contributed by atoms with Gasteiger partial charge in [0.05, 0.1) is 11.9 Å². The van der Waals surface area contributed by atoms with Crippen LogP contribution in [-0.4, -0.2) is 24.0 Å². The number of carbonyl (C=O) groups excluding carboxylic acids is 1. The Balaban J connectivity index is 1.70. The van der Waals surface area contributed by atoms with Crippen LogP contribution in [0, 0.1) is 17.2 Å². The maximum absolute atomic E-state index is 12.2. The van der Waals surface area contributed by atoms with Crippen molar-refractivity contribution in [3.63, 3.8) is 0 Å². The molecule has 1 aliphatic rings. The number of pyridine rings is 1. The molecule has 0 aliphatic carbocycles. The van der Waals surface area contributed by atoms with Crippen LogP contribution in [0.15, 0.2) is 46.6 Å². The van der Waals surface area contributed by atoms with E-state index in [4.69, 9.17) is 4.42 Å². The van der Waals surface area contributed by atoms with Gasteiger partial charge in [0.25, 0.3) is 5.91 Å². The molecule has 1 amide bonds. The molecular formula is C19H20N4O2. The fourth-order valence-corrected chi connectivity index (χ4v) is 2.74. The summed E-state index contributed by atoms with van der Waals surface area (Å²) in [4.78, 5) is 18.3. The lowest BCUT2D eigenvalue weighted by atomic mass is 9.99. The van der Waals surface area contributed by atoms with Gasteiger partial charge in [-0.3, -0.25) is 9.78 Å². The molecule has 128 valence electrons. The molecule has 1 fully saturated rings. The van der Waals surface area contributed by atoms with Crippen LogP contribution in [0.5, 0.6) is 0 Å². The third kappa shape index (κ3) is 4.27.